The molecule has 1 aliphatic heterocycles. The number of benzene rings is 1. The van der Waals surface area contributed by atoms with Crippen LogP contribution in [0.15, 0.2) is 24.3 Å². The van der Waals surface area contributed by atoms with Gasteiger partial charge in [-0.1, -0.05) is 11.6 Å². The van der Waals surface area contributed by atoms with E-state index in [-0.39, 0.29) is 40.5 Å². The number of rotatable bonds is 4. The maximum atomic E-state index is 13.0. The molecule has 9 heteroatoms. The van der Waals surface area contributed by atoms with Crippen molar-refractivity contribution in [3.8, 4) is 5.69 Å². The molecule has 2 heterocycles. The minimum Gasteiger partial charge on any atom is -0.352 e. The van der Waals surface area contributed by atoms with E-state index in [0.29, 0.717) is 17.8 Å². The molecule has 1 fully saturated rings. The highest BCUT2D eigenvalue weighted by atomic mass is 35.5. The summed E-state index contributed by atoms with van der Waals surface area (Å²) >= 11 is 6.29. The molecule has 1 N–H and O–H groups in total. The Hall–Kier alpha value is -1.93. The van der Waals surface area contributed by atoms with Crippen LogP contribution >= 0.6 is 11.6 Å². The zero-order chi connectivity index (χ0) is 18.2. The third-order valence-corrected chi connectivity index (χ3v) is 6.37. The van der Waals surface area contributed by atoms with E-state index in [1.807, 2.05) is 0 Å². The van der Waals surface area contributed by atoms with Gasteiger partial charge in [-0.3, -0.25) is 4.79 Å². The normalized spacial score (nSPS) is 19.1. The summed E-state index contributed by atoms with van der Waals surface area (Å²) in [4.78, 5) is 12.4. The molecule has 1 aliphatic rings. The van der Waals surface area contributed by atoms with E-state index in [9.17, 15) is 17.6 Å². The standard InChI is InChI=1S/C16H17ClFN3O3S/c1-10-14(16(22)19-8-11-6-7-25(23,24)9-11)15(17)21(20-10)13-4-2-12(18)3-5-13/h2-5,11H,6-9H2,1H3,(H,19,22). The van der Waals surface area contributed by atoms with Crippen LogP contribution in [0.3, 0.4) is 0 Å². The van der Waals surface area contributed by atoms with Gasteiger partial charge in [-0.2, -0.15) is 5.10 Å². The van der Waals surface area contributed by atoms with Gasteiger partial charge in [-0.15, -0.1) is 0 Å². The molecule has 3 rings (SSSR count). The number of nitrogens with zero attached hydrogens (tertiary/aromatic N) is 2. The third kappa shape index (κ3) is 3.85. The zero-order valence-corrected chi connectivity index (χ0v) is 15.1. The van der Waals surface area contributed by atoms with Gasteiger partial charge in [0, 0.05) is 6.54 Å². The van der Waals surface area contributed by atoms with Gasteiger partial charge in [-0.05, 0) is 43.5 Å². The monoisotopic (exact) mass is 385 g/mol. The molecule has 0 bridgehead atoms. The lowest BCUT2D eigenvalue weighted by Crippen LogP contribution is -2.30. The molecular weight excluding hydrogens is 369 g/mol. The molecule has 0 saturated carbocycles. The molecular formula is C16H17ClFN3O3S. The summed E-state index contributed by atoms with van der Waals surface area (Å²) < 4.78 is 37.4. The van der Waals surface area contributed by atoms with E-state index in [2.05, 4.69) is 10.4 Å². The van der Waals surface area contributed by atoms with Crippen LogP contribution in [0.5, 0.6) is 0 Å². The van der Waals surface area contributed by atoms with Crippen molar-refractivity contribution >= 4 is 27.3 Å². The number of carbonyl (C=O) groups is 1. The van der Waals surface area contributed by atoms with Gasteiger partial charge in [0.2, 0.25) is 0 Å². The molecule has 1 aromatic heterocycles. The van der Waals surface area contributed by atoms with Crippen LogP contribution in [0.1, 0.15) is 22.5 Å². The van der Waals surface area contributed by atoms with E-state index in [1.54, 1.807) is 6.92 Å². The van der Waals surface area contributed by atoms with Gasteiger partial charge in [0.1, 0.15) is 11.0 Å². The first-order chi connectivity index (χ1) is 11.8. The third-order valence-electron chi connectivity index (χ3n) is 4.18. The smallest absolute Gasteiger partial charge is 0.256 e. The van der Waals surface area contributed by atoms with Gasteiger partial charge in [0.05, 0.1) is 28.5 Å². The first kappa shape index (κ1) is 17.9. The number of nitrogens with one attached hydrogen (secondary N) is 1. The molecule has 6 nitrogen and oxygen atoms in total. The molecule has 1 atom stereocenters. The van der Waals surface area contributed by atoms with Crippen LogP contribution in [0.2, 0.25) is 5.15 Å². The van der Waals surface area contributed by atoms with Crippen molar-refractivity contribution < 1.29 is 17.6 Å². The van der Waals surface area contributed by atoms with Crippen LogP contribution in [0.4, 0.5) is 4.39 Å². The number of halogens is 2. The predicted molar refractivity (Wildman–Crippen MR) is 92.4 cm³/mol. The van der Waals surface area contributed by atoms with Crippen molar-refractivity contribution in [1.29, 1.82) is 0 Å². The lowest BCUT2D eigenvalue weighted by molar-refractivity contribution is 0.0948. The number of aryl methyl sites for hydroxylation is 1. The van der Waals surface area contributed by atoms with Gasteiger partial charge in [0.15, 0.2) is 9.84 Å². The molecule has 1 aromatic carbocycles. The number of hydrogen-bond donors (Lipinski definition) is 1. The van der Waals surface area contributed by atoms with Crippen molar-refractivity contribution in [1.82, 2.24) is 15.1 Å². The topological polar surface area (TPSA) is 81.1 Å². The van der Waals surface area contributed by atoms with Crippen molar-refractivity contribution in [2.24, 2.45) is 5.92 Å². The molecule has 134 valence electrons. The Bertz CT molecular complexity index is 909. The lowest BCUT2D eigenvalue weighted by Gasteiger charge is -2.09. The average molecular weight is 386 g/mol. The number of aromatic nitrogens is 2. The summed E-state index contributed by atoms with van der Waals surface area (Å²) in [5, 5.41) is 7.10. The van der Waals surface area contributed by atoms with Crippen LogP contribution in [0.25, 0.3) is 5.69 Å². The number of carbonyl (C=O) groups excluding carboxylic acids is 1. The average Bonchev–Trinajstić information content (AvgIpc) is 3.05. The minimum atomic E-state index is -2.98. The molecule has 1 unspecified atom stereocenters. The van der Waals surface area contributed by atoms with Crippen molar-refractivity contribution in [3.63, 3.8) is 0 Å². The predicted octanol–water partition coefficient (Wildman–Crippen LogP) is 2.14. The van der Waals surface area contributed by atoms with Crippen LogP contribution < -0.4 is 5.32 Å². The highest BCUT2D eigenvalue weighted by Gasteiger charge is 2.29. The SMILES string of the molecule is Cc1nn(-c2ccc(F)cc2)c(Cl)c1C(=O)NCC1CCS(=O)(=O)C1. The fraction of sp³-hybridized carbons (Fsp3) is 0.375. The van der Waals surface area contributed by atoms with Crippen molar-refractivity contribution in [3.05, 3.63) is 46.5 Å². The van der Waals surface area contributed by atoms with Crippen LogP contribution in [0, 0.1) is 18.7 Å². The lowest BCUT2D eigenvalue weighted by atomic mass is 10.1. The summed E-state index contributed by atoms with van der Waals surface area (Å²) in [6.45, 7) is 1.93. The Morgan fingerprint density at radius 1 is 1.40 bits per heavy atom. The Labute approximate surface area is 149 Å². The van der Waals surface area contributed by atoms with Crippen molar-refractivity contribution in [2.75, 3.05) is 18.1 Å². The highest BCUT2D eigenvalue weighted by molar-refractivity contribution is 7.91. The summed E-state index contributed by atoms with van der Waals surface area (Å²) in [6.07, 6.45) is 0.546. The first-order valence-electron chi connectivity index (χ1n) is 7.76. The summed E-state index contributed by atoms with van der Waals surface area (Å²) in [5.41, 5.74) is 1.20. The number of hydrogen-bond acceptors (Lipinski definition) is 4. The zero-order valence-electron chi connectivity index (χ0n) is 13.5. The number of sulfone groups is 1. The fourth-order valence-corrected chi connectivity index (χ4v) is 5.09. The second-order valence-corrected chi connectivity index (χ2v) is 8.71. The molecule has 25 heavy (non-hydrogen) atoms. The second-order valence-electron chi connectivity index (χ2n) is 6.12. The maximum absolute atomic E-state index is 13.0. The first-order valence-corrected chi connectivity index (χ1v) is 9.96. The van der Waals surface area contributed by atoms with Gasteiger partial charge in [0.25, 0.3) is 5.91 Å². The summed E-state index contributed by atoms with van der Waals surface area (Å²) in [7, 11) is -2.98. The van der Waals surface area contributed by atoms with Gasteiger partial charge < -0.3 is 5.32 Å². The minimum absolute atomic E-state index is 0.0832. The summed E-state index contributed by atoms with van der Waals surface area (Å²) in [5.74, 6) is -0.612. The Morgan fingerprint density at radius 3 is 2.68 bits per heavy atom. The Balaban J connectivity index is 1.76. The largest absolute Gasteiger partial charge is 0.352 e. The maximum Gasteiger partial charge on any atom is 0.256 e. The quantitative estimate of drug-likeness (QED) is 0.874. The highest BCUT2D eigenvalue weighted by Crippen LogP contribution is 2.24. The van der Waals surface area contributed by atoms with Crippen LogP contribution in [-0.2, 0) is 9.84 Å². The Kier molecular flexibility index (Phi) is 4.83. The van der Waals surface area contributed by atoms with E-state index in [4.69, 9.17) is 11.6 Å². The molecule has 0 spiro atoms. The molecule has 2 aromatic rings. The van der Waals surface area contributed by atoms with E-state index >= 15 is 0 Å². The van der Waals surface area contributed by atoms with E-state index < -0.39 is 15.7 Å². The van der Waals surface area contributed by atoms with E-state index in [1.165, 1.54) is 28.9 Å². The van der Waals surface area contributed by atoms with Crippen LogP contribution in [-0.4, -0.2) is 42.2 Å². The second kappa shape index (κ2) is 6.76. The number of amides is 1. The fourth-order valence-electron chi connectivity index (χ4n) is 2.87. The van der Waals surface area contributed by atoms with Gasteiger partial charge in [-0.25, -0.2) is 17.5 Å². The molecule has 0 aliphatic carbocycles. The summed E-state index contributed by atoms with van der Waals surface area (Å²) in [6, 6.07) is 5.59. The van der Waals surface area contributed by atoms with E-state index in [0.717, 1.165) is 0 Å². The molecule has 1 amide bonds. The molecule has 0 radical (unpaired) electrons. The van der Waals surface area contributed by atoms with Gasteiger partial charge >= 0.3 is 0 Å². The molecule has 1 saturated heterocycles. The Morgan fingerprint density at radius 2 is 2.08 bits per heavy atom. The van der Waals surface area contributed by atoms with Crippen molar-refractivity contribution in [2.45, 2.75) is 13.3 Å².